The normalized spacial score (nSPS) is 18.9. The van der Waals surface area contributed by atoms with Crippen LogP contribution in [0, 0.1) is 5.82 Å². The van der Waals surface area contributed by atoms with Crippen LogP contribution < -0.4 is 4.90 Å². The Labute approximate surface area is 116 Å². The molecule has 1 aromatic carbocycles. The Bertz CT molecular complexity index is 498. The predicted molar refractivity (Wildman–Crippen MR) is 77.2 cm³/mol. The van der Waals surface area contributed by atoms with Gasteiger partial charge in [0.05, 0.1) is 5.69 Å². The number of nitrogens with zero attached hydrogens (tertiary/aromatic N) is 1. The van der Waals surface area contributed by atoms with E-state index in [0.29, 0.717) is 17.3 Å². The summed E-state index contributed by atoms with van der Waals surface area (Å²) in [5.41, 5.74) is 1.08. The van der Waals surface area contributed by atoms with E-state index in [9.17, 15) is 9.18 Å². The summed E-state index contributed by atoms with van der Waals surface area (Å²) in [4.78, 5) is 12.5. The molecular formula is C14H16FNO2S. The van der Waals surface area contributed by atoms with Gasteiger partial charge in [-0.2, -0.15) is 11.8 Å². The number of carboxylic acid groups (broad SMARTS) is 1. The lowest BCUT2D eigenvalue weighted by molar-refractivity contribution is -0.131. The van der Waals surface area contributed by atoms with Crippen molar-refractivity contribution in [1.29, 1.82) is 0 Å². The molecule has 1 atom stereocenters. The van der Waals surface area contributed by atoms with Crippen molar-refractivity contribution < 1.29 is 14.3 Å². The third-order valence-electron chi connectivity index (χ3n) is 3.23. The predicted octanol–water partition coefficient (Wildman–Crippen LogP) is 2.87. The molecule has 0 radical (unpaired) electrons. The van der Waals surface area contributed by atoms with Crippen LogP contribution in [-0.2, 0) is 4.79 Å². The minimum Gasteiger partial charge on any atom is -0.478 e. The number of hydrogen-bond donors (Lipinski definition) is 1. The standard InChI is InChI=1S/C14H16FNO2S/c1-16(11-7-8-19-9-11)14-10(5-6-13(17)18)3-2-4-12(14)15/h2-6,11H,7-9H2,1H3,(H,17,18)/b6-5+. The number of carbonyl (C=O) groups is 1. The summed E-state index contributed by atoms with van der Waals surface area (Å²) in [5, 5.41) is 8.69. The third-order valence-corrected chi connectivity index (χ3v) is 4.37. The maximum absolute atomic E-state index is 14.0. The largest absolute Gasteiger partial charge is 0.478 e. The van der Waals surface area contributed by atoms with Gasteiger partial charge in [0.15, 0.2) is 0 Å². The van der Waals surface area contributed by atoms with Gasteiger partial charge < -0.3 is 10.0 Å². The van der Waals surface area contributed by atoms with Gasteiger partial charge in [-0.25, -0.2) is 9.18 Å². The molecule has 0 bridgehead atoms. The van der Waals surface area contributed by atoms with Crippen molar-refractivity contribution >= 4 is 29.5 Å². The highest BCUT2D eigenvalue weighted by molar-refractivity contribution is 7.99. The average Bonchev–Trinajstić information content (AvgIpc) is 2.89. The molecule has 102 valence electrons. The van der Waals surface area contributed by atoms with Gasteiger partial charge in [0, 0.05) is 30.5 Å². The molecular weight excluding hydrogens is 265 g/mol. The topological polar surface area (TPSA) is 40.5 Å². The highest BCUT2D eigenvalue weighted by Gasteiger charge is 2.23. The summed E-state index contributed by atoms with van der Waals surface area (Å²) in [5.74, 6) is 0.720. The first-order chi connectivity index (χ1) is 9.09. The summed E-state index contributed by atoms with van der Waals surface area (Å²) in [6.45, 7) is 0. The number of hydrogen-bond acceptors (Lipinski definition) is 3. The summed E-state index contributed by atoms with van der Waals surface area (Å²) < 4.78 is 14.0. The molecule has 1 fully saturated rings. The second-order valence-corrected chi connectivity index (χ2v) is 5.63. The minimum absolute atomic E-state index is 0.305. The Hall–Kier alpha value is -1.49. The number of anilines is 1. The maximum Gasteiger partial charge on any atom is 0.328 e. The molecule has 0 amide bonds. The van der Waals surface area contributed by atoms with Gasteiger partial charge in [0.1, 0.15) is 5.82 Å². The van der Waals surface area contributed by atoms with Crippen LogP contribution >= 0.6 is 11.8 Å². The Morgan fingerprint density at radius 3 is 3.00 bits per heavy atom. The SMILES string of the molecule is CN(c1c(F)cccc1/C=C/C(=O)O)C1CCSC1. The van der Waals surface area contributed by atoms with Crippen LogP contribution in [0.4, 0.5) is 10.1 Å². The molecule has 2 rings (SSSR count). The quantitative estimate of drug-likeness (QED) is 0.862. The van der Waals surface area contributed by atoms with Crippen molar-refractivity contribution in [3.63, 3.8) is 0 Å². The van der Waals surface area contributed by atoms with Gasteiger partial charge in [-0.15, -0.1) is 0 Å². The van der Waals surface area contributed by atoms with Crippen molar-refractivity contribution in [1.82, 2.24) is 0 Å². The highest BCUT2D eigenvalue weighted by Crippen LogP contribution is 2.31. The Kier molecular flexibility index (Phi) is 4.47. The lowest BCUT2D eigenvalue weighted by Gasteiger charge is -2.28. The van der Waals surface area contributed by atoms with E-state index in [-0.39, 0.29) is 5.82 Å². The van der Waals surface area contributed by atoms with Gasteiger partial charge >= 0.3 is 5.97 Å². The van der Waals surface area contributed by atoms with Crippen LogP contribution in [0.1, 0.15) is 12.0 Å². The van der Waals surface area contributed by atoms with Crippen LogP contribution in [0.25, 0.3) is 6.08 Å². The number of benzene rings is 1. The number of para-hydroxylation sites is 1. The molecule has 1 heterocycles. The molecule has 0 aliphatic carbocycles. The van der Waals surface area contributed by atoms with E-state index in [4.69, 9.17) is 5.11 Å². The molecule has 1 N–H and O–H groups in total. The molecule has 5 heteroatoms. The lowest BCUT2D eigenvalue weighted by atomic mass is 10.1. The van der Waals surface area contributed by atoms with Crippen LogP contribution in [0.2, 0.25) is 0 Å². The van der Waals surface area contributed by atoms with Crippen LogP contribution in [-0.4, -0.2) is 35.7 Å². The van der Waals surface area contributed by atoms with E-state index in [1.165, 1.54) is 12.1 Å². The first-order valence-corrected chi connectivity index (χ1v) is 7.25. The van der Waals surface area contributed by atoms with E-state index < -0.39 is 5.97 Å². The molecule has 1 aliphatic heterocycles. The first kappa shape index (κ1) is 13.9. The lowest BCUT2D eigenvalue weighted by Crippen LogP contribution is -2.32. The van der Waals surface area contributed by atoms with Crippen LogP contribution in [0.5, 0.6) is 0 Å². The Morgan fingerprint density at radius 1 is 1.58 bits per heavy atom. The van der Waals surface area contributed by atoms with E-state index in [2.05, 4.69) is 0 Å². The molecule has 19 heavy (non-hydrogen) atoms. The molecule has 0 spiro atoms. The van der Waals surface area contributed by atoms with E-state index >= 15 is 0 Å². The van der Waals surface area contributed by atoms with E-state index in [1.807, 2.05) is 23.7 Å². The van der Waals surface area contributed by atoms with Crippen LogP contribution in [0.3, 0.4) is 0 Å². The molecule has 1 unspecified atom stereocenters. The van der Waals surface area contributed by atoms with Crippen molar-refractivity contribution in [2.45, 2.75) is 12.5 Å². The van der Waals surface area contributed by atoms with Crippen molar-refractivity contribution in [2.24, 2.45) is 0 Å². The fraction of sp³-hybridized carbons (Fsp3) is 0.357. The molecule has 1 saturated heterocycles. The number of aliphatic carboxylic acids is 1. The fourth-order valence-electron chi connectivity index (χ4n) is 2.21. The Balaban J connectivity index is 2.33. The average molecular weight is 281 g/mol. The van der Waals surface area contributed by atoms with E-state index in [0.717, 1.165) is 24.0 Å². The van der Waals surface area contributed by atoms with Crippen molar-refractivity contribution in [3.8, 4) is 0 Å². The maximum atomic E-state index is 14.0. The summed E-state index contributed by atoms with van der Waals surface area (Å²) >= 11 is 1.86. The number of carboxylic acids is 1. The molecule has 0 saturated carbocycles. The van der Waals surface area contributed by atoms with Crippen LogP contribution in [0.15, 0.2) is 24.3 Å². The van der Waals surface area contributed by atoms with Gasteiger partial charge in [0.25, 0.3) is 0 Å². The summed E-state index contributed by atoms with van der Waals surface area (Å²) in [6.07, 6.45) is 3.51. The second-order valence-electron chi connectivity index (χ2n) is 4.48. The van der Waals surface area contributed by atoms with E-state index in [1.54, 1.807) is 12.1 Å². The number of thioether (sulfide) groups is 1. The zero-order valence-electron chi connectivity index (χ0n) is 10.7. The molecule has 0 aromatic heterocycles. The zero-order chi connectivity index (χ0) is 13.8. The van der Waals surface area contributed by atoms with Crippen molar-refractivity contribution in [3.05, 3.63) is 35.7 Å². The summed E-state index contributed by atoms with van der Waals surface area (Å²) in [7, 11) is 1.87. The highest BCUT2D eigenvalue weighted by atomic mass is 32.2. The fourth-order valence-corrected chi connectivity index (χ4v) is 3.48. The van der Waals surface area contributed by atoms with Crippen molar-refractivity contribution in [2.75, 3.05) is 23.5 Å². The number of halogens is 1. The second kappa shape index (κ2) is 6.10. The smallest absolute Gasteiger partial charge is 0.328 e. The number of rotatable bonds is 4. The zero-order valence-corrected chi connectivity index (χ0v) is 11.5. The molecule has 3 nitrogen and oxygen atoms in total. The monoisotopic (exact) mass is 281 g/mol. The van der Waals surface area contributed by atoms with Gasteiger partial charge in [-0.05, 0) is 24.3 Å². The third kappa shape index (κ3) is 3.29. The molecule has 1 aromatic rings. The summed E-state index contributed by atoms with van der Waals surface area (Å²) in [6, 6.07) is 5.04. The van der Waals surface area contributed by atoms with Gasteiger partial charge in [0.2, 0.25) is 0 Å². The Morgan fingerprint density at radius 2 is 2.37 bits per heavy atom. The minimum atomic E-state index is -1.03. The molecule has 1 aliphatic rings. The first-order valence-electron chi connectivity index (χ1n) is 6.09. The van der Waals surface area contributed by atoms with Gasteiger partial charge in [-0.1, -0.05) is 12.1 Å². The van der Waals surface area contributed by atoms with Gasteiger partial charge in [-0.3, -0.25) is 0 Å².